The van der Waals surface area contributed by atoms with Gasteiger partial charge in [-0.25, -0.2) is 0 Å². The van der Waals surface area contributed by atoms with Crippen LogP contribution in [-0.2, 0) is 0 Å². The molecule has 0 unspecified atom stereocenters. The molecule has 0 spiro atoms. The van der Waals surface area contributed by atoms with Crippen LogP contribution in [0.5, 0.6) is 0 Å². The Morgan fingerprint density at radius 2 is 1.94 bits per heavy atom. The van der Waals surface area contributed by atoms with Gasteiger partial charge in [-0.3, -0.25) is 4.79 Å². The van der Waals surface area contributed by atoms with Crippen molar-refractivity contribution >= 4 is 35.6 Å². The van der Waals surface area contributed by atoms with E-state index in [4.69, 9.17) is 17.3 Å². The van der Waals surface area contributed by atoms with Gasteiger partial charge in [0.25, 0.3) is 5.91 Å². The Balaban J connectivity index is 0.00000128. The molecule has 2 N–H and O–H groups in total. The molecule has 1 aromatic rings. The Morgan fingerprint density at radius 3 is 2.50 bits per heavy atom. The van der Waals surface area contributed by atoms with Gasteiger partial charge in [-0.1, -0.05) is 11.6 Å². The molecule has 0 atom stereocenters. The highest BCUT2D eigenvalue weighted by molar-refractivity contribution is 6.34. The van der Waals surface area contributed by atoms with Gasteiger partial charge in [0, 0.05) is 18.8 Å². The van der Waals surface area contributed by atoms with E-state index >= 15 is 0 Å². The lowest BCUT2D eigenvalue weighted by Crippen LogP contribution is -2.27. The summed E-state index contributed by atoms with van der Waals surface area (Å²) in [6.07, 6.45) is 2.16. The highest BCUT2D eigenvalue weighted by Crippen LogP contribution is 2.22. The molecule has 0 aromatic heterocycles. The van der Waals surface area contributed by atoms with Crippen molar-refractivity contribution in [2.45, 2.75) is 12.8 Å². The summed E-state index contributed by atoms with van der Waals surface area (Å²) < 4.78 is 0. The lowest BCUT2D eigenvalue weighted by atomic mass is 10.2. The van der Waals surface area contributed by atoms with Crippen molar-refractivity contribution in [3.8, 4) is 0 Å². The van der Waals surface area contributed by atoms with Crippen LogP contribution in [0.4, 0.5) is 5.69 Å². The van der Waals surface area contributed by atoms with Gasteiger partial charge in [0.2, 0.25) is 0 Å². The predicted molar refractivity (Wildman–Crippen MR) is 68.2 cm³/mol. The highest BCUT2D eigenvalue weighted by Gasteiger charge is 2.21. The zero-order valence-corrected chi connectivity index (χ0v) is 10.4. The van der Waals surface area contributed by atoms with Crippen molar-refractivity contribution in [2.24, 2.45) is 0 Å². The molecule has 1 fully saturated rings. The van der Waals surface area contributed by atoms with Crippen LogP contribution in [0.15, 0.2) is 18.2 Å². The molecule has 1 heterocycles. The summed E-state index contributed by atoms with van der Waals surface area (Å²) in [5, 5.41) is 0.437. The zero-order valence-electron chi connectivity index (χ0n) is 8.78. The maximum atomic E-state index is 12.0. The summed E-state index contributed by atoms with van der Waals surface area (Å²) in [6, 6.07) is 5.01. The topological polar surface area (TPSA) is 46.3 Å². The molecule has 5 heteroatoms. The first kappa shape index (κ1) is 13.1. The van der Waals surface area contributed by atoms with E-state index in [0.29, 0.717) is 16.3 Å². The maximum Gasteiger partial charge on any atom is 0.255 e. The van der Waals surface area contributed by atoms with Gasteiger partial charge < -0.3 is 10.6 Å². The molecular weight excluding hydrogens is 247 g/mol. The van der Waals surface area contributed by atoms with E-state index in [0.717, 1.165) is 25.9 Å². The molecular formula is C11H14Cl2N2O. The Bertz CT molecular complexity index is 390. The van der Waals surface area contributed by atoms with Crippen molar-refractivity contribution in [1.82, 2.24) is 4.90 Å². The summed E-state index contributed by atoms with van der Waals surface area (Å²) in [5.41, 5.74) is 6.70. The summed E-state index contributed by atoms with van der Waals surface area (Å²) >= 11 is 5.98. The predicted octanol–water partition coefficient (Wildman–Crippen LogP) is 2.58. The fraction of sp³-hybridized carbons (Fsp3) is 0.364. The molecule has 0 bridgehead atoms. The normalized spacial score (nSPS) is 14.7. The van der Waals surface area contributed by atoms with Crippen molar-refractivity contribution in [2.75, 3.05) is 18.8 Å². The largest absolute Gasteiger partial charge is 0.399 e. The molecule has 1 saturated heterocycles. The molecule has 0 radical (unpaired) electrons. The van der Waals surface area contributed by atoms with Gasteiger partial charge in [0.15, 0.2) is 0 Å². The monoisotopic (exact) mass is 260 g/mol. The first-order valence-electron chi connectivity index (χ1n) is 5.03. The van der Waals surface area contributed by atoms with E-state index in [9.17, 15) is 4.79 Å². The fourth-order valence-corrected chi connectivity index (χ4v) is 2.07. The third kappa shape index (κ3) is 2.60. The van der Waals surface area contributed by atoms with Crippen LogP contribution in [-0.4, -0.2) is 23.9 Å². The van der Waals surface area contributed by atoms with Gasteiger partial charge in [0.05, 0.1) is 10.6 Å². The number of nitrogens with two attached hydrogens (primary N) is 1. The van der Waals surface area contributed by atoms with E-state index in [1.165, 1.54) is 0 Å². The molecule has 0 saturated carbocycles. The number of hydrogen-bond donors (Lipinski definition) is 1. The van der Waals surface area contributed by atoms with E-state index in [1.54, 1.807) is 18.2 Å². The van der Waals surface area contributed by atoms with Gasteiger partial charge in [-0.05, 0) is 31.0 Å². The van der Waals surface area contributed by atoms with Crippen LogP contribution in [0.2, 0.25) is 5.02 Å². The number of benzene rings is 1. The van der Waals surface area contributed by atoms with Crippen molar-refractivity contribution < 1.29 is 4.79 Å². The summed E-state index contributed by atoms with van der Waals surface area (Å²) in [6.45, 7) is 1.67. The number of carbonyl (C=O) groups excluding carboxylic acids is 1. The molecule has 16 heavy (non-hydrogen) atoms. The Labute approximate surface area is 106 Å². The number of amides is 1. The number of nitrogen functional groups attached to an aromatic ring is 1. The number of nitrogens with zero attached hydrogens (tertiary/aromatic N) is 1. The zero-order chi connectivity index (χ0) is 10.8. The molecule has 1 aliphatic heterocycles. The lowest BCUT2D eigenvalue weighted by Gasteiger charge is -2.16. The van der Waals surface area contributed by atoms with Crippen molar-refractivity contribution in [3.63, 3.8) is 0 Å². The SMILES string of the molecule is Cl.Nc1ccc(C(=O)N2CCCC2)c(Cl)c1. The van der Waals surface area contributed by atoms with Crippen LogP contribution in [0.1, 0.15) is 23.2 Å². The number of anilines is 1. The van der Waals surface area contributed by atoms with Gasteiger partial charge in [-0.15, -0.1) is 12.4 Å². The average molecular weight is 261 g/mol. The van der Waals surface area contributed by atoms with E-state index in [2.05, 4.69) is 0 Å². The molecule has 3 nitrogen and oxygen atoms in total. The number of hydrogen-bond acceptors (Lipinski definition) is 2. The number of halogens is 2. The second-order valence-corrected chi connectivity index (χ2v) is 4.15. The lowest BCUT2D eigenvalue weighted by molar-refractivity contribution is 0.0793. The van der Waals surface area contributed by atoms with Crippen molar-refractivity contribution in [1.29, 1.82) is 0 Å². The second kappa shape index (κ2) is 5.41. The van der Waals surface area contributed by atoms with E-state index < -0.39 is 0 Å². The molecule has 2 rings (SSSR count). The van der Waals surface area contributed by atoms with Crippen LogP contribution < -0.4 is 5.73 Å². The average Bonchev–Trinajstić information content (AvgIpc) is 2.69. The van der Waals surface area contributed by atoms with Gasteiger partial charge in [0.1, 0.15) is 0 Å². The Kier molecular flexibility index (Phi) is 4.44. The fourth-order valence-electron chi connectivity index (χ4n) is 1.80. The second-order valence-electron chi connectivity index (χ2n) is 3.74. The summed E-state index contributed by atoms with van der Waals surface area (Å²) in [4.78, 5) is 13.8. The van der Waals surface area contributed by atoms with Crippen LogP contribution in [0.3, 0.4) is 0 Å². The first-order chi connectivity index (χ1) is 7.18. The Hall–Kier alpha value is -0.930. The smallest absolute Gasteiger partial charge is 0.255 e. The summed E-state index contributed by atoms with van der Waals surface area (Å²) in [7, 11) is 0. The summed E-state index contributed by atoms with van der Waals surface area (Å²) in [5.74, 6) is 0.0116. The standard InChI is InChI=1S/C11H13ClN2O.ClH/c12-10-7-8(13)3-4-9(10)11(15)14-5-1-2-6-14;/h3-4,7H,1-2,5-6,13H2;1H. The molecule has 88 valence electrons. The highest BCUT2D eigenvalue weighted by atomic mass is 35.5. The van der Waals surface area contributed by atoms with Crippen LogP contribution in [0, 0.1) is 0 Å². The number of likely N-dealkylation sites (tertiary alicyclic amines) is 1. The molecule has 1 amide bonds. The Morgan fingerprint density at radius 1 is 1.31 bits per heavy atom. The minimum absolute atomic E-state index is 0. The maximum absolute atomic E-state index is 12.0. The minimum Gasteiger partial charge on any atom is -0.399 e. The third-order valence-corrected chi connectivity index (χ3v) is 2.93. The number of carbonyl (C=O) groups is 1. The minimum atomic E-state index is 0. The third-order valence-electron chi connectivity index (χ3n) is 2.62. The quantitative estimate of drug-likeness (QED) is 0.790. The molecule has 0 aliphatic carbocycles. The number of rotatable bonds is 1. The van der Waals surface area contributed by atoms with Crippen LogP contribution in [0.25, 0.3) is 0 Å². The van der Waals surface area contributed by atoms with Gasteiger partial charge in [-0.2, -0.15) is 0 Å². The van der Waals surface area contributed by atoms with Gasteiger partial charge >= 0.3 is 0 Å². The van der Waals surface area contributed by atoms with E-state index in [-0.39, 0.29) is 18.3 Å². The van der Waals surface area contributed by atoms with E-state index in [1.807, 2.05) is 4.90 Å². The molecule has 1 aliphatic rings. The molecule has 1 aromatic carbocycles. The van der Waals surface area contributed by atoms with Crippen molar-refractivity contribution in [3.05, 3.63) is 28.8 Å². The first-order valence-corrected chi connectivity index (χ1v) is 5.40. The van der Waals surface area contributed by atoms with Crippen LogP contribution >= 0.6 is 24.0 Å².